The van der Waals surface area contributed by atoms with Crippen molar-refractivity contribution in [2.45, 2.75) is 82.4 Å². The molecule has 1 aromatic carbocycles. The Labute approximate surface area is 272 Å². The number of ether oxygens (including phenoxy) is 5. The van der Waals surface area contributed by atoms with Crippen molar-refractivity contribution >= 4 is 24.0 Å². The minimum absolute atomic E-state index is 0.216. The highest BCUT2D eigenvalue weighted by molar-refractivity contribution is 5.87. The van der Waals surface area contributed by atoms with E-state index in [1.54, 1.807) is 32.9 Å². The van der Waals surface area contributed by atoms with E-state index in [0.717, 1.165) is 5.56 Å². The molecule has 2 aliphatic carbocycles. The second-order valence-electron chi connectivity index (χ2n) is 14.6. The van der Waals surface area contributed by atoms with E-state index in [2.05, 4.69) is 6.58 Å². The first-order valence-corrected chi connectivity index (χ1v) is 15.8. The Balaban J connectivity index is 1.37. The van der Waals surface area contributed by atoms with Gasteiger partial charge in [-0.2, -0.15) is 0 Å². The van der Waals surface area contributed by atoms with Crippen LogP contribution in [-0.4, -0.2) is 71.0 Å². The van der Waals surface area contributed by atoms with Crippen LogP contribution in [0.2, 0.25) is 0 Å². The molecule has 2 aromatic rings. The summed E-state index contributed by atoms with van der Waals surface area (Å²) in [6, 6.07) is 10.9. The van der Waals surface area contributed by atoms with E-state index in [0.29, 0.717) is 11.1 Å². The van der Waals surface area contributed by atoms with Gasteiger partial charge in [0.2, 0.25) is 0 Å². The van der Waals surface area contributed by atoms with E-state index >= 15 is 0 Å². The monoisotopic (exact) mass is 648 g/mol. The fourth-order valence-electron chi connectivity index (χ4n) is 9.87. The molecule has 3 saturated heterocycles. The molecule has 2 saturated carbocycles. The first kappa shape index (κ1) is 31.8. The molecule has 1 aromatic heterocycles. The molecule has 5 fully saturated rings. The highest BCUT2D eigenvalue weighted by Crippen LogP contribution is 2.76. The zero-order valence-electron chi connectivity index (χ0n) is 27.0. The van der Waals surface area contributed by atoms with Gasteiger partial charge >= 0.3 is 17.9 Å². The number of methoxy groups -OCH3 is 1. The van der Waals surface area contributed by atoms with Crippen molar-refractivity contribution in [2.24, 2.45) is 28.1 Å². The smallest absolute Gasteiger partial charge is 0.335 e. The zero-order valence-corrected chi connectivity index (χ0v) is 27.0. The SMILES string of the molecule is C=C1[C@@H]2C[C@@]3(C)[C@H](c4ccoc4)OC(=O)C[C@@]13O[C@H]1[C@H](O)[C@@H](OC(=O)/C=C\c3ccccc3)C(C)(C)[C@@H]3[C@H](C(=O)OC)O[C@@]2(O)[C@@]13C. The van der Waals surface area contributed by atoms with Gasteiger partial charge in [0.1, 0.15) is 23.9 Å². The van der Waals surface area contributed by atoms with Gasteiger partial charge in [0.05, 0.1) is 37.6 Å². The third-order valence-electron chi connectivity index (χ3n) is 12.0. The lowest BCUT2D eigenvalue weighted by atomic mass is 9.49. The van der Waals surface area contributed by atoms with Crippen molar-refractivity contribution < 1.29 is 52.7 Å². The van der Waals surface area contributed by atoms with Crippen molar-refractivity contribution in [3.8, 4) is 0 Å². The van der Waals surface area contributed by atoms with Crippen molar-refractivity contribution in [3.05, 3.63) is 78.3 Å². The van der Waals surface area contributed by atoms with E-state index in [1.165, 1.54) is 25.7 Å². The highest BCUT2D eigenvalue weighted by Gasteiger charge is 2.84. The van der Waals surface area contributed by atoms with Crippen LogP contribution >= 0.6 is 0 Å². The number of aliphatic hydroxyl groups is 2. The molecule has 7 rings (SSSR count). The van der Waals surface area contributed by atoms with Crippen LogP contribution in [0.4, 0.5) is 0 Å². The molecule has 11 heteroatoms. The second kappa shape index (κ2) is 10.4. The molecular weight excluding hydrogens is 608 g/mol. The third kappa shape index (κ3) is 4.03. The number of esters is 3. The molecular formula is C36H40O11. The van der Waals surface area contributed by atoms with Gasteiger partial charge < -0.3 is 38.3 Å². The van der Waals surface area contributed by atoms with Crippen LogP contribution < -0.4 is 0 Å². The van der Waals surface area contributed by atoms with Gasteiger partial charge in [-0.15, -0.1) is 0 Å². The number of rotatable bonds is 5. The third-order valence-corrected chi connectivity index (χ3v) is 12.0. The Kier molecular flexibility index (Phi) is 7.01. The van der Waals surface area contributed by atoms with E-state index in [-0.39, 0.29) is 12.8 Å². The van der Waals surface area contributed by atoms with E-state index < -0.39 is 87.9 Å². The molecule has 2 bridgehead atoms. The Bertz CT molecular complexity index is 1650. The van der Waals surface area contributed by atoms with Gasteiger partial charge in [0, 0.05) is 34.3 Å². The van der Waals surface area contributed by atoms with Crippen LogP contribution in [0.1, 0.15) is 57.8 Å². The van der Waals surface area contributed by atoms with Crippen LogP contribution in [0.5, 0.6) is 0 Å². The van der Waals surface area contributed by atoms with E-state index in [9.17, 15) is 24.6 Å². The molecule has 3 aliphatic heterocycles. The summed E-state index contributed by atoms with van der Waals surface area (Å²) in [6.07, 6.45) is -0.398. The summed E-state index contributed by atoms with van der Waals surface area (Å²) in [5.41, 5.74) is -3.30. The summed E-state index contributed by atoms with van der Waals surface area (Å²) in [5.74, 6) is -5.85. The average molecular weight is 649 g/mol. The summed E-state index contributed by atoms with van der Waals surface area (Å²) in [5, 5.41) is 25.3. The van der Waals surface area contributed by atoms with E-state index in [1.807, 2.05) is 37.3 Å². The van der Waals surface area contributed by atoms with Gasteiger partial charge in [-0.25, -0.2) is 9.59 Å². The number of aliphatic hydroxyl groups excluding tert-OH is 1. The Morgan fingerprint density at radius 1 is 1.09 bits per heavy atom. The maximum atomic E-state index is 13.5. The Morgan fingerprint density at radius 2 is 1.81 bits per heavy atom. The Hall–Kier alpha value is -3.77. The number of fused-ring (bicyclic) bond motifs is 2. The fourth-order valence-corrected chi connectivity index (χ4v) is 9.87. The van der Waals surface area contributed by atoms with Crippen LogP contribution in [0.3, 0.4) is 0 Å². The largest absolute Gasteiger partial charge is 0.472 e. The predicted octanol–water partition coefficient (Wildman–Crippen LogP) is 3.90. The summed E-state index contributed by atoms with van der Waals surface area (Å²) in [7, 11) is 1.23. The number of hydrogen-bond donors (Lipinski definition) is 2. The zero-order chi connectivity index (χ0) is 33.7. The number of hydrogen-bond acceptors (Lipinski definition) is 11. The molecule has 47 heavy (non-hydrogen) atoms. The molecule has 4 heterocycles. The molecule has 11 nitrogen and oxygen atoms in total. The second-order valence-corrected chi connectivity index (χ2v) is 14.6. The average Bonchev–Trinajstić information content (AvgIpc) is 3.70. The predicted molar refractivity (Wildman–Crippen MR) is 164 cm³/mol. The first-order chi connectivity index (χ1) is 22.2. The molecule has 0 amide bonds. The van der Waals surface area contributed by atoms with Gasteiger partial charge in [-0.1, -0.05) is 64.6 Å². The lowest BCUT2D eigenvalue weighted by molar-refractivity contribution is -0.336. The lowest BCUT2D eigenvalue weighted by Gasteiger charge is -2.61. The summed E-state index contributed by atoms with van der Waals surface area (Å²) in [4.78, 5) is 40.2. The maximum Gasteiger partial charge on any atom is 0.335 e. The van der Waals surface area contributed by atoms with Gasteiger partial charge in [0.25, 0.3) is 0 Å². The first-order valence-electron chi connectivity index (χ1n) is 15.8. The number of furan rings is 1. The number of carbonyl (C=O) groups excluding carboxylic acids is 3. The minimum Gasteiger partial charge on any atom is -0.472 e. The molecule has 1 spiro atoms. The Morgan fingerprint density at radius 3 is 2.47 bits per heavy atom. The normalized spacial score (nSPS) is 43.1. The highest BCUT2D eigenvalue weighted by atomic mass is 16.7. The van der Waals surface area contributed by atoms with Gasteiger partial charge in [-0.3, -0.25) is 4.79 Å². The molecule has 0 unspecified atom stereocenters. The van der Waals surface area contributed by atoms with Crippen molar-refractivity contribution in [2.75, 3.05) is 7.11 Å². The van der Waals surface area contributed by atoms with Crippen molar-refractivity contribution in [1.29, 1.82) is 0 Å². The van der Waals surface area contributed by atoms with Gasteiger partial charge in [-0.05, 0) is 29.7 Å². The fraction of sp³-hybridized carbons (Fsp3) is 0.528. The maximum absolute atomic E-state index is 13.5. The van der Waals surface area contributed by atoms with Crippen LogP contribution in [-0.2, 0) is 38.1 Å². The summed E-state index contributed by atoms with van der Waals surface area (Å²) in [6.45, 7) is 11.5. The molecule has 11 atom stereocenters. The van der Waals surface area contributed by atoms with Crippen molar-refractivity contribution in [1.82, 2.24) is 0 Å². The van der Waals surface area contributed by atoms with Crippen molar-refractivity contribution in [3.63, 3.8) is 0 Å². The molecule has 250 valence electrons. The van der Waals surface area contributed by atoms with Crippen LogP contribution in [0, 0.1) is 28.1 Å². The standard InChI is InChI=1S/C36H40O11/c1-19-22-16-33(4)28(21-14-15-43-18-21)45-24(38)17-35(19,33)47-30-25(39)29(44-23(37)13-12-20-10-8-7-9-11-20)32(2,3)27-26(31(40)42-6)46-36(22,41)34(27,30)5/h7-15,18,22,25-30,39,41H,1,16-17H2,2-6H3/b13-12-/t22-,25+,26+,27-,28-,29+,30-,33-,34+,35+,36+/m0/s1. The molecule has 2 N–H and O–H groups in total. The summed E-state index contributed by atoms with van der Waals surface area (Å²) < 4.78 is 36.0. The minimum atomic E-state index is -2.12. The number of cyclic esters (lactones) is 1. The molecule has 0 radical (unpaired) electrons. The quantitative estimate of drug-likeness (QED) is 0.210. The van der Waals surface area contributed by atoms with Gasteiger partial charge in [0.15, 0.2) is 11.9 Å². The van der Waals surface area contributed by atoms with E-state index in [4.69, 9.17) is 28.1 Å². The lowest BCUT2D eigenvalue weighted by Crippen LogP contribution is -2.72. The van der Waals surface area contributed by atoms with Crippen LogP contribution in [0.15, 0.2) is 71.6 Å². The number of benzene rings is 1. The number of carbonyl (C=O) groups is 3. The topological polar surface area (TPSA) is 151 Å². The van der Waals surface area contributed by atoms with Crippen LogP contribution in [0.25, 0.3) is 6.08 Å². The summed E-state index contributed by atoms with van der Waals surface area (Å²) >= 11 is 0. The molecule has 5 aliphatic rings.